The topological polar surface area (TPSA) is 106 Å². The quantitative estimate of drug-likeness (QED) is 0.352. The molecule has 2 fully saturated rings. The number of carbonyl (C=O) groups is 1. The Morgan fingerprint density at radius 1 is 1.24 bits per heavy atom. The van der Waals surface area contributed by atoms with Crippen molar-refractivity contribution in [1.82, 2.24) is 24.8 Å². The summed E-state index contributed by atoms with van der Waals surface area (Å²) in [7, 11) is 2.11. The smallest absolute Gasteiger partial charge is 0.318 e. The van der Waals surface area contributed by atoms with E-state index in [2.05, 4.69) is 44.2 Å². The van der Waals surface area contributed by atoms with E-state index in [-0.39, 0.29) is 45.5 Å². The molecular weight excluding hydrogens is 559 g/mol. The van der Waals surface area contributed by atoms with Crippen molar-refractivity contribution in [2.75, 3.05) is 62.7 Å². The Balaban J connectivity index is 0.00000231. The van der Waals surface area contributed by atoms with E-state index in [9.17, 15) is 10.1 Å². The number of rotatable bonds is 7. The fourth-order valence-electron chi connectivity index (χ4n) is 5.73. The van der Waals surface area contributed by atoms with Crippen molar-refractivity contribution in [2.24, 2.45) is 0 Å². The average Bonchev–Trinajstić information content (AvgIpc) is 3.39. The number of aromatic nitrogens is 3. The minimum Gasteiger partial charge on any atom is -0.462 e. The first-order valence-corrected chi connectivity index (χ1v) is 13.4. The molecule has 5 heterocycles. The van der Waals surface area contributed by atoms with E-state index in [0.717, 1.165) is 42.1 Å². The molecule has 0 aliphatic carbocycles. The Morgan fingerprint density at radius 3 is 2.78 bits per heavy atom. The predicted molar refractivity (Wildman–Crippen MR) is 167 cm³/mol. The van der Waals surface area contributed by atoms with Crippen LogP contribution in [0.25, 0.3) is 4.85 Å². The van der Waals surface area contributed by atoms with Crippen LogP contribution in [0.1, 0.15) is 29.7 Å². The van der Waals surface area contributed by atoms with Crippen LogP contribution in [0.5, 0.6) is 6.01 Å². The van der Waals surface area contributed by atoms with Gasteiger partial charge in [-0.2, -0.15) is 42.2 Å². The van der Waals surface area contributed by atoms with Crippen LogP contribution in [0, 0.1) is 17.9 Å². The van der Waals surface area contributed by atoms with Gasteiger partial charge in [-0.25, -0.2) is 6.57 Å². The molecule has 2 saturated heterocycles. The number of amides is 1. The Hall–Kier alpha value is -3.52. The molecule has 3 aliphatic heterocycles. The largest absolute Gasteiger partial charge is 0.462 e. The van der Waals surface area contributed by atoms with Gasteiger partial charge in [0.15, 0.2) is 0 Å². The van der Waals surface area contributed by atoms with Crippen molar-refractivity contribution in [2.45, 2.75) is 37.9 Å². The fourth-order valence-corrected chi connectivity index (χ4v) is 5.73. The number of pyridine rings is 1. The van der Waals surface area contributed by atoms with Gasteiger partial charge in [0.1, 0.15) is 24.5 Å². The lowest BCUT2D eigenvalue weighted by molar-refractivity contribution is -0.128. The molecule has 2 aromatic rings. The lowest BCUT2D eigenvalue weighted by atomic mass is 10.0. The molecule has 0 bridgehead atoms. The minimum absolute atomic E-state index is 0. The second kappa shape index (κ2) is 14.4. The molecule has 218 valence electrons. The van der Waals surface area contributed by atoms with Crippen LogP contribution in [0.15, 0.2) is 31.1 Å². The van der Waals surface area contributed by atoms with Gasteiger partial charge in [-0.15, -0.1) is 0 Å². The second-order valence-electron chi connectivity index (χ2n) is 10.2. The summed E-state index contributed by atoms with van der Waals surface area (Å²) >= 11 is 0. The number of ether oxygens (including phenoxy) is 1. The second-order valence-corrected chi connectivity index (χ2v) is 10.2. The van der Waals surface area contributed by atoms with E-state index in [0.29, 0.717) is 63.4 Å². The number of carbonyl (C=O) groups excluding carboxylic acids is 1. The summed E-state index contributed by atoms with van der Waals surface area (Å²) < 4.78 is 6.19. The van der Waals surface area contributed by atoms with Crippen LogP contribution >= 0.6 is 27.0 Å². The van der Waals surface area contributed by atoms with Crippen molar-refractivity contribution in [1.29, 1.82) is 5.26 Å². The van der Waals surface area contributed by atoms with Gasteiger partial charge >= 0.3 is 6.01 Å². The zero-order valence-corrected chi connectivity index (χ0v) is 25.3. The molecule has 0 spiro atoms. The van der Waals surface area contributed by atoms with Crippen LogP contribution < -0.4 is 14.5 Å². The first-order valence-electron chi connectivity index (χ1n) is 13.4. The summed E-state index contributed by atoms with van der Waals surface area (Å²) in [6, 6.07) is 4.41. The van der Waals surface area contributed by atoms with Gasteiger partial charge in [0.05, 0.1) is 29.7 Å². The van der Waals surface area contributed by atoms with Crippen molar-refractivity contribution in [3.8, 4) is 12.1 Å². The number of nitriles is 1. The maximum Gasteiger partial charge on any atom is 0.318 e. The number of hydrogen-bond acceptors (Lipinski definition) is 9. The zero-order chi connectivity index (χ0) is 27.4. The zero-order valence-electron chi connectivity index (χ0n) is 23.3. The molecule has 2 atom stereocenters. The van der Waals surface area contributed by atoms with Gasteiger partial charge in [-0.05, 0) is 45.0 Å². The van der Waals surface area contributed by atoms with Gasteiger partial charge in [0, 0.05) is 44.0 Å². The molecule has 11 nitrogen and oxygen atoms in total. The molecule has 2 aromatic heterocycles. The van der Waals surface area contributed by atoms with Crippen LogP contribution in [0.2, 0.25) is 0 Å². The predicted octanol–water partition coefficient (Wildman–Crippen LogP) is 2.13. The highest BCUT2D eigenvalue weighted by atomic mass is 32.1. The molecule has 3 aliphatic rings. The summed E-state index contributed by atoms with van der Waals surface area (Å²) in [5.41, 5.74) is 3.27. The van der Waals surface area contributed by atoms with E-state index in [4.69, 9.17) is 21.3 Å². The highest BCUT2D eigenvalue weighted by Crippen LogP contribution is 2.33. The summed E-state index contributed by atoms with van der Waals surface area (Å²) in [6.45, 7) is 15.6. The summed E-state index contributed by atoms with van der Waals surface area (Å²) in [5, 5.41) is 9.63. The molecule has 5 rings (SSSR count). The maximum atomic E-state index is 12.4. The molecule has 0 saturated carbocycles. The van der Waals surface area contributed by atoms with E-state index < -0.39 is 0 Å². The summed E-state index contributed by atoms with van der Waals surface area (Å²) in [6.07, 6.45) is 7.59. The Bertz CT molecular complexity index is 1330. The number of nitrogens with zero attached hydrogens (tertiary/aromatic N) is 9. The highest BCUT2D eigenvalue weighted by Gasteiger charge is 2.35. The number of piperazine rings is 1. The fraction of sp³-hybridized carbons (Fsp3) is 0.500. The van der Waals surface area contributed by atoms with Gasteiger partial charge in [-0.1, -0.05) is 6.58 Å². The molecule has 0 N–H and O–H groups in total. The summed E-state index contributed by atoms with van der Waals surface area (Å²) in [4.78, 5) is 38.4. The Morgan fingerprint density at radius 2 is 2.07 bits per heavy atom. The van der Waals surface area contributed by atoms with E-state index in [1.807, 2.05) is 0 Å². The standard InChI is InChI=1S/C28H33N9O2.2H2S/c1-4-26(38)37-13-12-36(17-22(37)15-30-2)27-23-8-11-35(25-16-31-9-7-20(25)14-29)18-24(23)32-28(33-27)39-19-21-6-5-10-34(21)3;;/h4,7,9,16,21-22H,1,5-6,8,10-13,15,17-19H2,3H3;2*1H2/t21-,22-;;/m0../s1. The highest BCUT2D eigenvalue weighted by molar-refractivity contribution is 7.59. The number of likely N-dealkylation sites (N-methyl/N-ethyl adjacent to an activating group) is 1. The number of likely N-dealkylation sites (tertiary alicyclic amines) is 1. The average molecular weight is 596 g/mol. The van der Waals surface area contributed by atoms with Crippen LogP contribution in [-0.2, 0) is 17.8 Å². The van der Waals surface area contributed by atoms with Crippen molar-refractivity contribution in [3.05, 3.63) is 59.4 Å². The van der Waals surface area contributed by atoms with Gasteiger partial charge in [0.2, 0.25) is 12.5 Å². The third-order valence-electron chi connectivity index (χ3n) is 7.90. The number of hydrogen-bond donors (Lipinski definition) is 0. The summed E-state index contributed by atoms with van der Waals surface area (Å²) in [5.74, 6) is 0.653. The van der Waals surface area contributed by atoms with E-state index >= 15 is 0 Å². The lowest BCUT2D eigenvalue weighted by Crippen LogP contribution is -2.56. The van der Waals surface area contributed by atoms with E-state index in [1.54, 1.807) is 23.4 Å². The molecule has 0 aromatic carbocycles. The SMILES string of the molecule is S.S.[C-]#[N+]C[C@H]1CN(c2nc(OC[C@@H]3CCCN3C)nc3c2CCN(c2cnccc2C#N)C3)CCN1C(=O)C=C. The maximum absolute atomic E-state index is 12.4. The normalized spacial score (nSPS) is 20.1. The van der Waals surface area contributed by atoms with Crippen LogP contribution in [-0.4, -0.2) is 95.7 Å². The van der Waals surface area contributed by atoms with Gasteiger partial charge in [-0.3, -0.25) is 9.78 Å². The Labute approximate surface area is 255 Å². The molecule has 1 amide bonds. The molecular formula is C28H37N9O2S2. The Kier molecular flexibility index (Phi) is 11.2. The third-order valence-corrected chi connectivity index (χ3v) is 7.90. The van der Waals surface area contributed by atoms with E-state index in [1.165, 1.54) is 6.08 Å². The van der Waals surface area contributed by atoms with Crippen molar-refractivity contribution in [3.63, 3.8) is 0 Å². The molecule has 13 heteroatoms. The van der Waals surface area contributed by atoms with Crippen LogP contribution in [0.4, 0.5) is 11.5 Å². The van der Waals surface area contributed by atoms with Crippen molar-refractivity contribution >= 4 is 44.4 Å². The molecule has 41 heavy (non-hydrogen) atoms. The first kappa shape index (κ1) is 32.0. The molecule has 0 unspecified atom stereocenters. The monoisotopic (exact) mass is 595 g/mol. The molecule has 0 radical (unpaired) electrons. The lowest BCUT2D eigenvalue weighted by Gasteiger charge is -2.41. The van der Waals surface area contributed by atoms with Crippen LogP contribution in [0.3, 0.4) is 0 Å². The third kappa shape index (κ3) is 6.87. The number of anilines is 2. The number of fused-ring (bicyclic) bond motifs is 1. The minimum atomic E-state index is -0.252. The first-order chi connectivity index (χ1) is 19.0. The van der Waals surface area contributed by atoms with Gasteiger partial charge in [0.25, 0.3) is 0 Å². The van der Waals surface area contributed by atoms with Crippen molar-refractivity contribution < 1.29 is 9.53 Å². The van der Waals surface area contributed by atoms with Gasteiger partial charge < -0.3 is 29.2 Å².